The fraction of sp³-hybridized carbons (Fsp3) is 0.0800. The third-order valence-electron chi connectivity index (χ3n) is 5.17. The highest BCUT2D eigenvalue weighted by atomic mass is 79.9. The van der Waals surface area contributed by atoms with Crippen LogP contribution < -0.4 is 19.9 Å². The van der Waals surface area contributed by atoms with Gasteiger partial charge in [-0.15, -0.1) is 0 Å². The van der Waals surface area contributed by atoms with Crippen molar-refractivity contribution >= 4 is 61.4 Å². The zero-order valence-electron chi connectivity index (χ0n) is 18.2. The molecule has 0 atom stereocenters. The number of ether oxygens (including phenoxy) is 2. The highest BCUT2D eigenvalue weighted by molar-refractivity contribution is 9.13. The average Bonchev–Trinajstić information content (AvgIpc) is 3.15. The van der Waals surface area contributed by atoms with E-state index < -0.39 is 17.8 Å². The molecule has 1 saturated heterocycles. The molecule has 0 radical (unpaired) electrons. The predicted octanol–water partition coefficient (Wildman–Crippen LogP) is 4.96. The van der Waals surface area contributed by atoms with Gasteiger partial charge in [-0.1, -0.05) is 30.3 Å². The van der Waals surface area contributed by atoms with Gasteiger partial charge in [0.25, 0.3) is 11.8 Å². The number of methoxy groups -OCH3 is 1. The average molecular weight is 602 g/mol. The number of para-hydroxylation sites is 1. The summed E-state index contributed by atoms with van der Waals surface area (Å²) in [6, 6.07) is 16.8. The highest BCUT2D eigenvalue weighted by Crippen LogP contribution is 2.44. The quantitative estimate of drug-likeness (QED) is 0.293. The SMILES string of the molecule is COc1cc(/C=C2/C(=O)NN(c3ccccc3)C2=O)c(Br)c(Br)c1OCc1ccc(C(=O)O)cc1. The Kier molecular flexibility index (Phi) is 7.23. The third kappa shape index (κ3) is 5.08. The molecule has 1 aliphatic rings. The Labute approximate surface area is 217 Å². The van der Waals surface area contributed by atoms with Crippen molar-refractivity contribution in [1.82, 2.24) is 5.43 Å². The van der Waals surface area contributed by atoms with Crippen molar-refractivity contribution in [3.8, 4) is 11.5 Å². The van der Waals surface area contributed by atoms with Crippen molar-refractivity contribution in [2.75, 3.05) is 12.1 Å². The van der Waals surface area contributed by atoms with Crippen LogP contribution in [0.1, 0.15) is 21.5 Å². The summed E-state index contributed by atoms with van der Waals surface area (Å²) >= 11 is 7.00. The van der Waals surface area contributed by atoms with Crippen LogP contribution in [0, 0.1) is 0 Å². The molecule has 1 aliphatic heterocycles. The normalized spacial score (nSPS) is 14.3. The number of hydrogen-bond donors (Lipinski definition) is 2. The lowest BCUT2D eigenvalue weighted by molar-refractivity contribution is -0.117. The summed E-state index contributed by atoms with van der Waals surface area (Å²) in [7, 11) is 1.48. The number of benzene rings is 3. The first kappa shape index (κ1) is 24.5. The van der Waals surface area contributed by atoms with Gasteiger partial charge in [0, 0.05) is 4.47 Å². The maximum Gasteiger partial charge on any atom is 0.335 e. The summed E-state index contributed by atoms with van der Waals surface area (Å²) in [5, 5.41) is 10.2. The minimum absolute atomic E-state index is 0.0318. The lowest BCUT2D eigenvalue weighted by Gasteiger charge is -2.16. The minimum Gasteiger partial charge on any atom is -0.493 e. The van der Waals surface area contributed by atoms with Crippen molar-refractivity contribution in [2.45, 2.75) is 6.61 Å². The van der Waals surface area contributed by atoms with Crippen molar-refractivity contribution in [3.05, 3.63) is 91.9 Å². The van der Waals surface area contributed by atoms with Gasteiger partial charge in [-0.3, -0.25) is 15.0 Å². The van der Waals surface area contributed by atoms with Crippen LogP contribution in [0.4, 0.5) is 5.69 Å². The molecule has 0 aromatic heterocycles. The summed E-state index contributed by atoms with van der Waals surface area (Å²) in [5.41, 5.74) is 4.56. The van der Waals surface area contributed by atoms with Gasteiger partial charge in [0.1, 0.15) is 12.2 Å². The van der Waals surface area contributed by atoms with Crippen LogP contribution in [0.25, 0.3) is 6.08 Å². The Morgan fingerprint density at radius 1 is 1.06 bits per heavy atom. The standard InChI is InChI=1S/C25H18Br2N2O6/c1-34-19-12-16(11-18-23(30)28-29(24(18)31)17-5-3-2-4-6-17)20(26)21(27)22(19)35-13-14-7-9-15(10-8-14)25(32)33/h2-12H,13H2,1H3,(H,28,30)(H,32,33)/b18-11-. The minimum atomic E-state index is -1.00. The van der Waals surface area contributed by atoms with Gasteiger partial charge in [-0.2, -0.15) is 0 Å². The van der Waals surface area contributed by atoms with Crippen LogP contribution in [0.5, 0.6) is 11.5 Å². The summed E-state index contributed by atoms with van der Waals surface area (Å²) in [4.78, 5) is 36.5. The molecule has 1 fully saturated rings. The maximum absolute atomic E-state index is 12.9. The van der Waals surface area contributed by atoms with Gasteiger partial charge in [-0.25, -0.2) is 9.80 Å². The van der Waals surface area contributed by atoms with Crippen LogP contribution in [0.3, 0.4) is 0 Å². The van der Waals surface area contributed by atoms with Crippen molar-refractivity contribution in [2.24, 2.45) is 0 Å². The number of nitrogens with zero attached hydrogens (tertiary/aromatic N) is 1. The van der Waals surface area contributed by atoms with E-state index in [1.54, 1.807) is 42.5 Å². The second kappa shape index (κ2) is 10.3. The first-order valence-electron chi connectivity index (χ1n) is 10.2. The van der Waals surface area contributed by atoms with Gasteiger partial charge >= 0.3 is 5.97 Å². The molecule has 3 aromatic rings. The number of hydrazine groups is 1. The number of aromatic carboxylic acids is 1. The first-order valence-corrected chi connectivity index (χ1v) is 11.8. The fourth-order valence-corrected chi connectivity index (χ4v) is 4.31. The molecule has 0 bridgehead atoms. The summed E-state index contributed by atoms with van der Waals surface area (Å²) < 4.78 is 12.5. The van der Waals surface area contributed by atoms with Crippen LogP contribution >= 0.6 is 31.9 Å². The van der Waals surface area contributed by atoms with Gasteiger partial charge in [0.15, 0.2) is 11.5 Å². The van der Waals surface area contributed by atoms with Crippen LogP contribution in [0.15, 0.2) is 75.2 Å². The molecule has 8 nitrogen and oxygen atoms in total. The molecule has 0 spiro atoms. The number of nitrogens with one attached hydrogen (secondary N) is 1. The molecule has 0 saturated carbocycles. The molecule has 10 heteroatoms. The molecule has 178 valence electrons. The number of carbonyl (C=O) groups excluding carboxylic acids is 2. The number of carboxylic acid groups (broad SMARTS) is 1. The lowest BCUT2D eigenvalue weighted by atomic mass is 10.1. The fourth-order valence-electron chi connectivity index (χ4n) is 3.37. The molecular weight excluding hydrogens is 584 g/mol. The number of halogens is 2. The molecule has 1 heterocycles. The van der Waals surface area contributed by atoms with Crippen LogP contribution in [-0.2, 0) is 16.2 Å². The Bertz CT molecular complexity index is 1340. The zero-order chi connectivity index (χ0) is 25.1. The van der Waals surface area contributed by atoms with Gasteiger partial charge in [0.2, 0.25) is 0 Å². The van der Waals surface area contributed by atoms with E-state index in [1.807, 2.05) is 6.07 Å². The van der Waals surface area contributed by atoms with Crippen molar-refractivity contribution < 1.29 is 29.0 Å². The van der Waals surface area contributed by atoms with Crippen LogP contribution in [-0.4, -0.2) is 30.0 Å². The number of amides is 2. The topological polar surface area (TPSA) is 105 Å². The van der Waals surface area contributed by atoms with Crippen LogP contribution in [0.2, 0.25) is 0 Å². The van der Waals surface area contributed by atoms with E-state index >= 15 is 0 Å². The zero-order valence-corrected chi connectivity index (χ0v) is 21.4. The second-order valence-corrected chi connectivity index (χ2v) is 8.98. The monoisotopic (exact) mass is 600 g/mol. The van der Waals surface area contributed by atoms with Gasteiger partial charge < -0.3 is 14.6 Å². The number of hydrogen-bond acceptors (Lipinski definition) is 5. The number of anilines is 1. The van der Waals surface area contributed by atoms with E-state index in [-0.39, 0.29) is 17.7 Å². The maximum atomic E-state index is 12.9. The molecule has 4 rings (SSSR count). The molecule has 35 heavy (non-hydrogen) atoms. The molecule has 2 amide bonds. The Balaban J connectivity index is 1.61. The van der Waals surface area contributed by atoms with Crippen molar-refractivity contribution in [1.29, 1.82) is 0 Å². The Morgan fingerprint density at radius 2 is 1.74 bits per heavy atom. The molecule has 2 N–H and O–H groups in total. The van der Waals surface area contributed by atoms with E-state index in [0.717, 1.165) is 5.56 Å². The van der Waals surface area contributed by atoms with Crippen molar-refractivity contribution in [3.63, 3.8) is 0 Å². The Hall–Kier alpha value is -3.63. The first-order chi connectivity index (χ1) is 16.8. The number of carbonyl (C=O) groups is 3. The predicted molar refractivity (Wildman–Crippen MR) is 136 cm³/mol. The molecule has 3 aromatic carbocycles. The van der Waals surface area contributed by atoms with E-state index in [9.17, 15) is 14.4 Å². The van der Waals surface area contributed by atoms with Gasteiger partial charge in [-0.05, 0) is 79.4 Å². The summed E-state index contributed by atoms with van der Waals surface area (Å²) in [6.07, 6.45) is 1.48. The third-order valence-corrected chi connectivity index (χ3v) is 7.31. The number of carboxylic acids is 1. The number of rotatable bonds is 7. The lowest BCUT2D eigenvalue weighted by Crippen LogP contribution is -2.35. The largest absolute Gasteiger partial charge is 0.493 e. The Morgan fingerprint density at radius 3 is 2.37 bits per heavy atom. The molecular formula is C25H18Br2N2O6. The van der Waals surface area contributed by atoms with E-state index in [2.05, 4.69) is 37.3 Å². The summed E-state index contributed by atoms with van der Waals surface area (Å²) in [5.74, 6) is -1.23. The van der Waals surface area contributed by atoms with E-state index in [0.29, 0.717) is 31.7 Å². The van der Waals surface area contributed by atoms with Gasteiger partial charge in [0.05, 0.1) is 22.8 Å². The van der Waals surface area contributed by atoms with E-state index in [1.165, 1.54) is 30.3 Å². The smallest absolute Gasteiger partial charge is 0.335 e. The second-order valence-electron chi connectivity index (χ2n) is 7.39. The summed E-state index contributed by atoms with van der Waals surface area (Å²) in [6.45, 7) is 0.161. The molecule has 0 aliphatic carbocycles. The van der Waals surface area contributed by atoms with E-state index in [4.69, 9.17) is 14.6 Å². The molecule has 0 unspecified atom stereocenters. The highest BCUT2D eigenvalue weighted by Gasteiger charge is 2.34.